The maximum absolute atomic E-state index is 4.88. The zero-order valence-corrected chi connectivity index (χ0v) is 21.1. The van der Waals surface area contributed by atoms with Gasteiger partial charge in [-0.3, -0.25) is 0 Å². The normalized spacial score (nSPS) is 10.9. The number of hydrogen-bond acceptors (Lipinski definition) is 4. The minimum absolute atomic E-state index is 0.644. The summed E-state index contributed by atoms with van der Waals surface area (Å²) in [6.45, 7) is 9.04. The molecular formula is C29H28N5P. The summed E-state index contributed by atoms with van der Waals surface area (Å²) in [6, 6.07) is 27.1. The summed E-state index contributed by atoms with van der Waals surface area (Å²) in [6.07, 6.45) is 1.82. The predicted octanol–water partition coefficient (Wildman–Crippen LogP) is 6.21. The molecule has 0 aliphatic heterocycles. The van der Waals surface area contributed by atoms with Gasteiger partial charge >= 0.3 is 0 Å². The van der Waals surface area contributed by atoms with Crippen molar-refractivity contribution in [2.45, 2.75) is 20.4 Å². The van der Waals surface area contributed by atoms with Crippen LogP contribution in [0.2, 0.25) is 0 Å². The fourth-order valence-corrected chi connectivity index (χ4v) is 4.31. The second-order valence-electron chi connectivity index (χ2n) is 8.70. The molecule has 0 amide bonds. The molecule has 0 saturated heterocycles. The minimum atomic E-state index is 0.644. The number of nitrogens with zero attached hydrogens (tertiary/aromatic N) is 3. The molecule has 35 heavy (non-hydrogen) atoms. The lowest BCUT2D eigenvalue weighted by Gasteiger charge is -2.14. The summed E-state index contributed by atoms with van der Waals surface area (Å²) in [5.74, 6) is 0.893. The van der Waals surface area contributed by atoms with Crippen LogP contribution in [0.3, 0.4) is 0 Å². The van der Waals surface area contributed by atoms with E-state index in [9.17, 15) is 0 Å². The number of anilines is 2. The molecule has 0 fully saturated rings. The van der Waals surface area contributed by atoms with Gasteiger partial charge < -0.3 is 10.6 Å². The van der Waals surface area contributed by atoms with Gasteiger partial charge in [-0.05, 0) is 42.7 Å². The molecular weight excluding hydrogens is 449 g/mol. The van der Waals surface area contributed by atoms with Gasteiger partial charge in [0.1, 0.15) is 5.82 Å². The van der Waals surface area contributed by atoms with E-state index in [1.807, 2.05) is 22.8 Å². The Kier molecular flexibility index (Phi) is 6.35. The van der Waals surface area contributed by atoms with Crippen molar-refractivity contribution in [2.75, 3.05) is 10.6 Å². The first kappa shape index (κ1) is 22.8. The van der Waals surface area contributed by atoms with Gasteiger partial charge in [-0.15, -0.1) is 0 Å². The number of hydrogen-bond donors (Lipinski definition) is 2. The first-order chi connectivity index (χ1) is 17.0. The van der Waals surface area contributed by atoms with E-state index < -0.39 is 0 Å². The molecule has 1 atom stereocenters. The molecule has 5 rings (SSSR count). The molecule has 0 aliphatic rings. The van der Waals surface area contributed by atoms with E-state index in [4.69, 9.17) is 4.98 Å². The maximum atomic E-state index is 4.88. The molecule has 5 nitrogen and oxygen atoms in total. The average molecular weight is 478 g/mol. The van der Waals surface area contributed by atoms with Crippen molar-refractivity contribution < 1.29 is 0 Å². The second-order valence-corrected chi connectivity index (χ2v) is 9.32. The van der Waals surface area contributed by atoms with Gasteiger partial charge in [0.15, 0.2) is 5.65 Å². The lowest BCUT2D eigenvalue weighted by atomic mass is 10.1. The highest BCUT2D eigenvalue weighted by atomic mass is 31.0. The van der Waals surface area contributed by atoms with Crippen molar-refractivity contribution in [3.05, 3.63) is 114 Å². The molecule has 0 aliphatic carbocycles. The van der Waals surface area contributed by atoms with E-state index in [2.05, 4.69) is 112 Å². The second kappa shape index (κ2) is 9.73. The number of aromatic nitrogens is 3. The van der Waals surface area contributed by atoms with Crippen molar-refractivity contribution in [3.8, 4) is 11.3 Å². The molecule has 174 valence electrons. The van der Waals surface area contributed by atoms with Crippen molar-refractivity contribution in [2.24, 2.45) is 0 Å². The zero-order valence-electron chi connectivity index (χ0n) is 19.9. The van der Waals surface area contributed by atoms with Gasteiger partial charge in [0.25, 0.3) is 0 Å². The predicted molar refractivity (Wildman–Crippen MR) is 150 cm³/mol. The van der Waals surface area contributed by atoms with E-state index in [1.165, 1.54) is 11.1 Å². The maximum Gasteiger partial charge on any atom is 0.165 e. The van der Waals surface area contributed by atoms with Crippen molar-refractivity contribution >= 4 is 37.4 Å². The molecule has 2 aromatic heterocycles. The van der Waals surface area contributed by atoms with Gasteiger partial charge in [-0.1, -0.05) is 82.0 Å². The van der Waals surface area contributed by atoms with Crippen LogP contribution in [0.5, 0.6) is 0 Å². The van der Waals surface area contributed by atoms with Crippen LogP contribution in [0.25, 0.3) is 22.6 Å². The Bertz CT molecular complexity index is 1520. The highest BCUT2D eigenvalue weighted by molar-refractivity contribution is 7.28. The van der Waals surface area contributed by atoms with E-state index in [-0.39, 0.29) is 0 Å². The lowest BCUT2D eigenvalue weighted by molar-refractivity contribution is 0.927. The topological polar surface area (TPSA) is 54.2 Å². The summed E-state index contributed by atoms with van der Waals surface area (Å²) in [5.41, 5.74) is 9.38. The molecule has 0 saturated carbocycles. The Morgan fingerprint density at radius 3 is 2.57 bits per heavy atom. The molecule has 0 bridgehead atoms. The zero-order chi connectivity index (χ0) is 24.4. The molecule has 2 heterocycles. The highest BCUT2D eigenvalue weighted by Gasteiger charge is 2.12. The van der Waals surface area contributed by atoms with Gasteiger partial charge in [0.05, 0.1) is 11.9 Å². The van der Waals surface area contributed by atoms with E-state index in [1.54, 1.807) is 0 Å². The third-order valence-electron chi connectivity index (χ3n) is 6.02. The Morgan fingerprint density at radius 1 is 0.971 bits per heavy atom. The first-order valence-corrected chi connectivity index (χ1v) is 12.1. The standard InChI is InChI=1S/C29H28N5P/c1-19-11-13-23(14-12-19)21(3)32-24-9-6-8-22(15-24)17-30-28-16-26(25-10-5-4-7-20(25)2)33-29-27(35)18-31-34(28)29/h4-16,18,30,32H,3,17,35H2,1-2H3. The Hall–Kier alpha value is -3.95. The third-order valence-corrected chi connectivity index (χ3v) is 6.42. The number of benzene rings is 3. The van der Waals surface area contributed by atoms with E-state index in [0.29, 0.717) is 6.54 Å². The molecule has 0 radical (unpaired) electrons. The average Bonchev–Trinajstić information content (AvgIpc) is 3.24. The van der Waals surface area contributed by atoms with Crippen LogP contribution in [0, 0.1) is 13.8 Å². The largest absolute Gasteiger partial charge is 0.366 e. The molecule has 3 aromatic carbocycles. The summed E-state index contributed by atoms with van der Waals surface area (Å²) in [4.78, 5) is 4.88. The summed E-state index contributed by atoms with van der Waals surface area (Å²) in [7, 11) is 2.73. The first-order valence-electron chi connectivity index (χ1n) is 11.5. The summed E-state index contributed by atoms with van der Waals surface area (Å²) >= 11 is 0. The Labute approximate surface area is 208 Å². The Balaban J connectivity index is 1.38. The minimum Gasteiger partial charge on any atom is -0.366 e. The van der Waals surface area contributed by atoms with Gasteiger partial charge in [0.2, 0.25) is 0 Å². The number of rotatable bonds is 7. The fraction of sp³-hybridized carbons (Fsp3) is 0.103. The van der Waals surface area contributed by atoms with Gasteiger partial charge in [-0.2, -0.15) is 9.61 Å². The summed E-state index contributed by atoms with van der Waals surface area (Å²) in [5, 5.41) is 12.5. The van der Waals surface area contributed by atoms with Gasteiger partial charge in [-0.25, -0.2) is 4.98 Å². The number of nitrogens with one attached hydrogen (secondary N) is 2. The SMILES string of the molecule is C=C(Nc1cccc(CNc2cc(-c3ccccc3C)nc3c(P)cnn23)c1)c1ccc(C)cc1. The smallest absolute Gasteiger partial charge is 0.165 e. The number of aryl methyl sites for hydroxylation is 2. The van der Waals surface area contributed by atoms with Crippen molar-refractivity contribution in [1.82, 2.24) is 14.6 Å². The van der Waals surface area contributed by atoms with Crippen LogP contribution < -0.4 is 15.9 Å². The lowest BCUT2D eigenvalue weighted by Crippen LogP contribution is -2.08. The molecule has 6 heteroatoms. The number of fused-ring (bicyclic) bond motifs is 1. The molecule has 1 unspecified atom stereocenters. The summed E-state index contributed by atoms with van der Waals surface area (Å²) < 4.78 is 1.85. The van der Waals surface area contributed by atoms with Crippen LogP contribution in [0.4, 0.5) is 11.5 Å². The van der Waals surface area contributed by atoms with Crippen LogP contribution in [0.15, 0.2) is 91.6 Å². The monoisotopic (exact) mass is 477 g/mol. The Morgan fingerprint density at radius 2 is 1.77 bits per heavy atom. The highest BCUT2D eigenvalue weighted by Crippen LogP contribution is 2.26. The van der Waals surface area contributed by atoms with Crippen LogP contribution in [0.1, 0.15) is 22.3 Å². The van der Waals surface area contributed by atoms with Crippen molar-refractivity contribution in [1.29, 1.82) is 0 Å². The quantitative estimate of drug-likeness (QED) is 0.274. The fourth-order valence-electron chi connectivity index (χ4n) is 4.06. The third kappa shape index (κ3) is 4.96. The van der Waals surface area contributed by atoms with Crippen LogP contribution in [-0.4, -0.2) is 14.6 Å². The van der Waals surface area contributed by atoms with Gasteiger partial charge in [0, 0.05) is 34.9 Å². The van der Waals surface area contributed by atoms with Crippen LogP contribution in [-0.2, 0) is 6.54 Å². The molecule has 0 spiro atoms. The molecule has 2 N–H and O–H groups in total. The van der Waals surface area contributed by atoms with Crippen molar-refractivity contribution in [3.63, 3.8) is 0 Å². The van der Waals surface area contributed by atoms with E-state index >= 15 is 0 Å². The van der Waals surface area contributed by atoms with E-state index in [0.717, 1.165) is 50.5 Å². The van der Waals surface area contributed by atoms with Crippen LogP contribution >= 0.6 is 9.24 Å². The molecule has 5 aromatic rings.